The highest BCUT2D eigenvalue weighted by Gasteiger charge is 2.06. The summed E-state index contributed by atoms with van der Waals surface area (Å²) >= 11 is 0. The number of anilines is 1. The molecule has 0 saturated carbocycles. The molecule has 0 unspecified atom stereocenters. The molecule has 0 fully saturated rings. The van der Waals surface area contributed by atoms with E-state index in [0.29, 0.717) is 11.4 Å². The van der Waals surface area contributed by atoms with Gasteiger partial charge in [0.1, 0.15) is 5.75 Å². The minimum atomic E-state index is -0.110. The van der Waals surface area contributed by atoms with E-state index in [1.807, 2.05) is 48.5 Å². The zero-order valence-corrected chi connectivity index (χ0v) is 10.4. The highest BCUT2D eigenvalue weighted by atomic mass is 16.5. The summed E-state index contributed by atoms with van der Waals surface area (Å²) in [7, 11) is 1.59. The predicted octanol–water partition coefficient (Wildman–Crippen LogP) is 3.32. The second kappa shape index (κ2) is 5.36. The van der Waals surface area contributed by atoms with Crippen LogP contribution in [0.4, 0.5) is 5.69 Å². The molecule has 3 heteroatoms. The maximum atomic E-state index is 11.1. The van der Waals surface area contributed by atoms with Gasteiger partial charge in [0.25, 0.3) is 0 Å². The lowest BCUT2D eigenvalue weighted by molar-refractivity contribution is -0.114. The van der Waals surface area contributed by atoms with Gasteiger partial charge in [-0.2, -0.15) is 0 Å². The van der Waals surface area contributed by atoms with Crippen LogP contribution in [0.1, 0.15) is 6.92 Å². The monoisotopic (exact) mass is 241 g/mol. The van der Waals surface area contributed by atoms with Gasteiger partial charge in [0.2, 0.25) is 5.91 Å². The third-order valence-corrected chi connectivity index (χ3v) is 2.62. The van der Waals surface area contributed by atoms with Gasteiger partial charge in [-0.3, -0.25) is 4.79 Å². The molecule has 0 aliphatic heterocycles. The summed E-state index contributed by atoms with van der Waals surface area (Å²) in [6, 6.07) is 15.8. The second-order valence-corrected chi connectivity index (χ2v) is 3.96. The molecule has 0 radical (unpaired) electrons. The van der Waals surface area contributed by atoms with Gasteiger partial charge in [0, 0.05) is 6.92 Å². The quantitative estimate of drug-likeness (QED) is 0.895. The molecule has 0 heterocycles. The summed E-state index contributed by atoms with van der Waals surface area (Å²) in [5.74, 6) is 0.548. The van der Waals surface area contributed by atoms with E-state index in [2.05, 4.69) is 5.32 Å². The molecular weight excluding hydrogens is 226 g/mol. The van der Waals surface area contributed by atoms with Gasteiger partial charge in [0.15, 0.2) is 0 Å². The van der Waals surface area contributed by atoms with Crippen molar-refractivity contribution in [2.24, 2.45) is 0 Å². The molecule has 0 spiro atoms. The van der Waals surface area contributed by atoms with Crippen LogP contribution in [0.3, 0.4) is 0 Å². The molecule has 0 aliphatic carbocycles. The summed E-state index contributed by atoms with van der Waals surface area (Å²) in [5.41, 5.74) is 2.86. The number of ether oxygens (including phenoxy) is 1. The number of rotatable bonds is 3. The number of hydrogen-bond donors (Lipinski definition) is 1. The molecule has 2 rings (SSSR count). The van der Waals surface area contributed by atoms with E-state index < -0.39 is 0 Å². The molecular formula is C15H15NO2. The van der Waals surface area contributed by atoms with Crippen LogP contribution < -0.4 is 10.1 Å². The lowest BCUT2D eigenvalue weighted by atomic mass is 10.0. The highest BCUT2D eigenvalue weighted by Crippen LogP contribution is 2.30. The molecule has 92 valence electrons. The van der Waals surface area contributed by atoms with Crippen LogP contribution in [0.15, 0.2) is 48.5 Å². The minimum absolute atomic E-state index is 0.110. The van der Waals surface area contributed by atoms with Gasteiger partial charge < -0.3 is 10.1 Å². The fourth-order valence-corrected chi connectivity index (χ4v) is 1.79. The van der Waals surface area contributed by atoms with Gasteiger partial charge >= 0.3 is 0 Å². The standard InChI is InChI=1S/C15H15NO2/c1-11(17)16-14-9-8-13(10-15(14)18-2)12-6-4-3-5-7-12/h3-10H,1-2H3,(H,16,17). The van der Waals surface area contributed by atoms with E-state index in [1.165, 1.54) is 6.92 Å². The maximum absolute atomic E-state index is 11.1. The van der Waals surface area contributed by atoms with Crippen molar-refractivity contribution < 1.29 is 9.53 Å². The first-order chi connectivity index (χ1) is 8.70. The molecule has 0 atom stereocenters. The average molecular weight is 241 g/mol. The molecule has 0 bridgehead atoms. The van der Waals surface area contributed by atoms with E-state index in [9.17, 15) is 4.79 Å². The van der Waals surface area contributed by atoms with Crippen LogP contribution in [0.2, 0.25) is 0 Å². The van der Waals surface area contributed by atoms with Crippen molar-refractivity contribution in [2.75, 3.05) is 12.4 Å². The van der Waals surface area contributed by atoms with Crippen molar-refractivity contribution >= 4 is 11.6 Å². The molecule has 3 nitrogen and oxygen atoms in total. The average Bonchev–Trinajstić information content (AvgIpc) is 2.39. The Morgan fingerprint density at radius 1 is 1.06 bits per heavy atom. The third kappa shape index (κ3) is 2.69. The van der Waals surface area contributed by atoms with E-state index in [1.54, 1.807) is 7.11 Å². The molecule has 18 heavy (non-hydrogen) atoms. The maximum Gasteiger partial charge on any atom is 0.221 e. The molecule has 2 aromatic rings. The SMILES string of the molecule is COc1cc(-c2ccccc2)ccc1NC(C)=O. The van der Waals surface area contributed by atoms with Gasteiger partial charge in [-0.15, -0.1) is 0 Å². The zero-order chi connectivity index (χ0) is 13.0. The normalized spacial score (nSPS) is 9.89. The topological polar surface area (TPSA) is 38.3 Å². The first kappa shape index (κ1) is 12.2. The Morgan fingerprint density at radius 2 is 1.78 bits per heavy atom. The summed E-state index contributed by atoms with van der Waals surface area (Å²) in [6.45, 7) is 1.48. The summed E-state index contributed by atoms with van der Waals surface area (Å²) in [4.78, 5) is 11.1. The van der Waals surface area contributed by atoms with Crippen molar-refractivity contribution in [2.45, 2.75) is 6.92 Å². The molecule has 2 aromatic carbocycles. The number of amides is 1. The number of nitrogens with one attached hydrogen (secondary N) is 1. The fraction of sp³-hybridized carbons (Fsp3) is 0.133. The van der Waals surface area contributed by atoms with Gasteiger partial charge in [-0.05, 0) is 23.3 Å². The molecule has 1 N–H and O–H groups in total. The van der Waals surface area contributed by atoms with Gasteiger partial charge in [-0.1, -0.05) is 36.4 Å². The molecule has 0 aliphatic rings. The van der Waals surface area contributed by atoms with Gasteiger partial charge in [-0.25, -0.2) is 0 Å². The van der Waals surface area contributed by atoms with E-state index in [-0.39, 0.29) is 5.91 Å². The predicted molar refractivity (Wildman–Crippen MR) is 72.7 cm³/mol. The van der Waals surface area contributed by atoms with Crippen LogP contribution in [-0.4, -0.2) is 13.0 Å². The Morgan fingerprint density at radius 3 is 2.39 bits per heavy atom. The number of hydrogen-bond acceptors (Lipinski definition) is 2. The first-order valence-electron chi connectivity index (χ1n) is 5.72. The highest BCUT2D eigenvalue weighted by molar-refractivity contribution is 5.91. The Hall–Kier alpha value is -2.29. The number of carbonyl (C=O) groups excluding carboxylic acids is 1. The van der Waals surface area contributed by atoms with Crippen molar-refractivity contribution in [3.8, 4) is 16.9 Å². The smallest absolute Gasteiger partial charge is 0.221 e. The fourth-order valence-electron chi connectivity index (χ4n) is 1.79. The number of benzene rings is 2. The molecule has 0 aromatic heterocycles. The van der Waals surface area contributed by atoms with Crippen LogP contribution in [0.5, 0.6) is 5.75 Å². The van der Waals surface area contributed by atoms with E-state index in [0.717, 1.165) is 11.1 Å². The molecule has 1 amide bonds. The minimum Gasteiger partial charge on any atom is -0.495 e. The molecule has 0 saturated heterocycles. The third-order valence-electron chi connectivity index (χ3n) is 2.62. The Kier molecular flexibility index (Phi) is 3.63. The van der Waals surface area contributed by atoms with Crippen molar-refractivity contribution in [1.82, 2.24) is 0 Å². The lowest BCUT2D eigenvalue weighted by Crippen LogP contribution is -2.07. The Balaban J connectivity index is 2.39. The van der Waals surface area contributed by atoms with Crippen molar-refractivity contribution in [3.05, 3.63) is 48.5 Å². The first-order valence-corrected chi connectivity index (χ1v) is 5.72. The number of methoxy groups -OCH3 is 1. The summed E-state index contributed by atoms with van der Waals surface area (Å²) < 4.78 is 5.29. The largest absolute Gasteiger partial charge is 0.495 e. The van der Waals surface area contributed by atoms with Gasteiger partial charge in [0.05, 0.1) is 12.8 Å². The Bertz CT molecular complexity index is 550. The number of carbonyl (C=O) groups is 1. The summed E-state index contributed by atoms with van der Waals surface area (Å²) in [6.07, 6.45) is 0. The zero-order valence-electron chi connectivity index (χ0n) is 10.4. The lowest BCUT2D eigenvalue weighted by Gasteiger charge is -2.11. The van der Waals surface area contributed by atoms with Crippen LogP contribution in [-0.2, 0) is 4.79 Å². The van der Waals surface area contributed by atoms with E-state index >= 15 is 0 Å². The van der Waals surface area contributed by atoms with Crippen molar-refractivity contribution in [3.63, 3.8) is 0 Å². The van der Waals surface area contributed by atoms with Crippen LogP contribution in [0, 0.1) is 0 Å². The Labute approximate surface area is 106 Å². The summed E-state index contributed by atoms with van der Waals surface area (Å²) in [5, 5.41) is 2.74. The van der Waals surface area contributed by atoms with Crippen LogP contribution in [0.25, 0.3) is 11.1 Å². The van der Waals surface area contributed by atoms with Crippen LogP contribution >= 0.6 is 0 Å². The van der Waals surface area contributed by atoms with E-state index in [4.69, 9.17) is 4.74 Å². The van der Waals surface area contributed by atoms with Crippen molar-refractivity contribution in [1.29, 1.82) is 0 Å². The second-order valence-electron chi connectivity index (χ2n) is 3.96.